The first-order valence-corrected chi connectivity index (χ1v) is 8.32. The van der Waals surface area contributed by atoms with E-state index in [0.717, 1.165) is 11.1 Å². The van der Waals surface area contributed by atoms with E-state index in [2.05, 4.69) is 10.2 Å². The highest BCUT2D eigenvalue weighted by Crippen LogP contribution is 2.25. The van der Waals surface area contributed by atoms with Crippen molar-refractivity contribution in [3.05, 3.63) is 64.7 Å². The van der Waals surface area contributed by atoms with Gasteiger partial charge in [-0.3, -0.25) is 0 Å². The minimum absolute atomic E-state index is 0.258. The number of carboxylic acid groups (broad SMARTS) is 1. The normalized spacial score (nSPS) is 10.7. The molecule has 24 heavy (non-hydrogen) atoms. The second-order valence-corrected chi connectivity index (χ2v) is 6.36. The van der Waals surface area contributed by atoms with E-state index in [1.54, 1.807) is 36.4 Å². The van der Waals surface area contributed by atoms with Gasteiger partial charge in [-0.05, 0) is 29.8 Å². The molecule has 3 N–H and O–H groups in total. The molecule has 6 nitrogen and oxygen atoms in total. The molecule has 0 bridgehead atoms. The Bertz CT molecular complexity index is 880. The van der Waals surface area contributed by atoms with Gasteiger partial charge in [0.25, 0.3) is 0 Å². The second kappa shape index (κ2) is 6.94. The molecule has 0 aliphatic carbocycles. The first-order chi connectivity index (χ1) is 11.5. The highest BCUT2D eigenvalue weighted by molar-refractivity contribution is 7.98. The van der Waals surface area contributed by atoms with Gasteiger partial charge >= 0.3 is 5.97 Å². The van der Waals surface area contributed by atoms with Crippen molar-refractivity contribution < 1.29 is 9.90 Å². The number of carbonyl (C=O) groups is 1. The fraction of sp³-hybridized carbons (Fsp3) is 0.0625. The molecule has 0 atom stereocenters. The van der Waals surface area contributed by atoms with Crippen molar-refractivity contribution in [2.75, 3.05) is 5.84 Å². The van der Waals surface area contributed by atoms with E-state index < -0.39 is 5.97 Å². The number of rotatable bonds is 5. The van der Waals surface area contributed by atoms with Gasteiger partial charge in [0.2, 0.25) is 5.16 Å². The average molecular weight is 361 g/mol. The number of aromatic nitrogens is 3. The minimum Gasteiger partial charge on any atom is -0.478 e. The number of hydrogen-bond acceptors (Lipinski definition) is 5. The second-order valence-electron chi connectivity index (χ2n) is 4.98. The molecule has 0 saturated heterocycles. The van der Waals surface area contributed by atoms with Crippen LogP contribution in [-0.2, 0) is 5.75 Å². The molecule has 0 saturated carbocycles. The Kier molecular flexibility index (Phi) is 4.73. The molecule has 0 spiro atoms. The van der Waals surface area contributed by atoms with Gasteiger partial charge in [0.15, 0.2) is 5.82 Å². The summed E-state index contributed by atoms with van der Waals surface area (Å²) >= 11 is 7.40. The summed E-state index contributed by atoms with van der Waals surface area (Å²) in [6.07, 6.45) is 0. The molecule has 0 radical (unpaired) electrons. The van der Waals surface area contributed by atoms with Crippen molar-refractivity contribution >= 4 is 29.3 Å². The fourth-order valence-corrected chi connectivity index (χ4v) is 3.09. The van der Waals surface area contributed by atoms with Crippen LogP contribution >= 0.6 is 23.4 Å². The lowest BCUT2D eigenvalue weighted by Gasteiger charge is -2.04. The van der Waals surface area contributed by atoms with E-state index in [9.17, 15) is 4.79 Å². The zero-order chi connectivity index (χ0) is 17.1. The van der Waals surface area contributed by atoms with E-state index in [1.807, 2.05) is 12.1 Å². The Morgan fingerprint density at radius 3 is 2.62 bits per heavy atom. The maximum atomic E-state index is 10.8. The van der Waals surface area contributed by atoms with Gasteiger partial charge in [-0.25, -0.2) is 9.47 Å². The Morgan fingerprint density at radius 2 is 1.96 bits per heavy atom. The van der Waals surface area contributed by atoms with Crippen molar-refractivity contribution in [3.8, 4) is 11.4 Å². The van der Waals surface area contributed by atoms with Crippen LogP contribution in [0.1, 0.15) is 15.9 Å². The highest BCUT2D eigenvalue weighted by atomic mass is 35.5. The molecule has 1 aromatic heterocycles. The van der Waals surface area contributed by atoms with Crippen LogP contribution in [0.3, 0.4) is 0 Å². The Morgan fingerprint density at radius 1 is 1.21 bits per heavy atom. The van der Waals surface area contributed by atoms with Gasteiger partial charge in [0.1, 0.15) is 0 Å². The Labute approximate surface area is 147 Å². The van der Waals surface area contributed by atoms with Gasteiger partial charge in [-0.15, -0.1) is 10.2 Å². The minimum atomic E-state index is -0.943. The molecule has 3 rings (SSSR count). The number of nitrogens with zero attached hydrogens (tertiary/aromatic N) is 3. The number of nitrogen functional groups attached to an aromatic ring is 1. The van der Waals surface area contributed by atoms with Crippen LogP contribution < -0.4 is 5.84 Å². The number of carboxylic acids is 1. The van der Waals surface area contributed by atoms with E-state index >= 15 is 0 Å². The number of thioether (sulfide) groups is 1. The highest BCUT2D eigenvalue weighted by Gasteiger charge is 2.12. The molecule has 0 aliphatic rings. The molecule has 2 aromatic carbocycles. The SMILES string of the molecule is Nn1c(SCc2ccc(C(=O)O)cc2)nnc1-c1cccc(Cl)c1. The number of halogens is 1. The van der Waals surface area contributed by atoms with Crippen LogP contribution in [0.5, 0.6) is 0 Å². The summed E-state index contributed by atoms with van der Waals surface area (Å²) in [6.45, 7) is 0. The summed E-state index contributed by atoms with van der Waals surface area (Å²) < 4.78 is 1.42. The third kappa shape index (κ3) is 3.52. The van der Waals surface area contributed by atoms with Gasteiger partial charge < -0.3 is 10.9 Å². The van der Waals surface area contributed by atoms with Gasteiger partial charge in [-0.1, -0.05) is 47.6 Å². The molecule has 0 aliphatic heterocycles. The molecule has 8 heteroatoms. The lowest BCUT2D eigenvalue weighted by Crippen LogP contribution is -2.11. The Hall–Kier alpha value is -2.51. The summed E-state index contributed by atoms with van der Waals surface area (Å²) in [5.41, 5.74) is 2.02. The number of benzene rings is 2. The van der Waals surface area contributed by atoms with Crippen LogP contribution in [0.15, 0.2) is 53.7 Å². The smallest absolute Gasteiger partial charge is 0.335 e. The summed E-state index contributed by atoms with van der Waals surface area (Å²) in [5, 5.41) is 18.3. The summed E-state index contributed by atoms with van der Waals surface area (Å²) in [6, 6.07) is 13.9. The van der Waals surface area contributed by atoms with Crippen molar-refractivity contribution in [1.29, 1.82) is 0 Å². The van der Waals surface area contributed by atoms with Crippen molar-refractivity contribution in [2.24, 2.45) is 0 Å². The van der Waals surface area contributed by atoms with E-state index in [1.165, 1.54) is 16.4 Å². The Balaban J connectivity index is 1.73. The molecular formula is C16H13ClN4O2S. The maximum Gasteiger partial charge on any atom is 0.335 e. The molecule has 3 aromatic rings. The van der Waals surface area contributed by atoms with Crippen molar-refractivity contribution in [3.63, 3.8) is 0 Å². The number of aromatic carboxylic acids is 1. The number of nitrogens with two attached hydrogens (primary N) is 1. The molecule has 0 amide bonds. The first-order valence-electron chi connectivity index (χ1n) is 6.96. The lowest BCUT2D eigenvalue weighted by atomic mass is 10.1. The largest absolute Gasteiger partial charge is 0.478 e. The summed E-state index contributed by atoms with van der Waals surface area (Å²) in [5.74, 6) is 6.25. The zero-order valence-corrected chi connectivity index (χ0v) is 14.0. The molecule has 0 unspecified atom stereocenters. The van der Waals surface area contributed by atoms with E-state index in [-0.39, 0.29) is 5.56 Å². The van der Waals surface area contributed by atoms with Crippen LogP contribution in [-0.4, -0.2) is 25.9 Å². The summed E-state index contributed by atoms with van der Waals surface area (Å²) in [7, 11) is 0. The van der Waals surface area contributed by atoms with Gasteiger partial charge in [-0.2, -0.15) is 0 Å². The molecule has 0 fully saturated rings. The third-order valence-corrected chi connectivity index (χ3v) is 4.57. The predicted octanol–water partition coefficient (Wildman–Crippen LogP) is 3.30. The average Bonchev–Trinajstić information content (AvgIpc) is 2.94. The maximum absolute atomic E-state index is 10.8. The zero-order valence-electron chi connectivity index (χ0n) is 12.4. The molecule has 1 heterocycles. The predicted molar refractivity (Wildman–Crippen MR) is 93.6 cm³/mol. The third-order valence-electron chi connectivity index (χ3n) is 3.32. The lowest BCUT2D eigenvalue weighted by molar-refractivity contribution is 0.0697. The molecule has 122 valence electrons. The van der Waals surface area contributed by atoms with Gasteiger partial charge in [0, 0.05) is 16.3 Å². The number of hydrogen-bond donors (Lipinski definition) is 2. The van der Waals surface area contributed by atoms with Crippen LogP contribution in [0.4, 0.5) is 0 Å². The van der Waals surface area contributed by atoms with Gasteiger partial charge in [0.05, 0.1) is 5.56 Å². The van der Waals surface area contributed by atoms with Crippen molar-refractivity contribution in [1.82, 2.24) is 14.9 Å². The summed E-state index contributed by atoms with van der Waals surface area (Å²) in [4.78, 5) is 10.8. The standard InChI is InChI=1S/C16H13ClN4O2S/c17-13-3-1-2-12(8-13)14-19-20-16(21(14)18)24-9-10-4-6-11(7-5-10)15(22)23/h1-8H,9,18H2,(H,22,23). The topological polar surface area (TPSA) is 94.0 Å². The van der Waals surface area contributed by atoms with E-state index in [0.29, 0.717) is 21.8 Å². The quantitative estimate of drug-likeness (QED) is 0.535. The van der Waals surface area contributed by atoms with Crippen LogP contribution in [0.25, 0.3) is 11.4 Å². The van der Waals surface area contributed by atoms with Crippen molar-refractivity contribution in [2.45, 2.75) is 10.9 Å². The first kappa shape index (κ1) is 16.4. The van der Waals surface area contributed by atoms with Crippen LogP contribution in [0, 0.1) is 0 Å². The van der Waals surface area contributed by atoms with E-state index in [4.69, 9.17) is 22.6 Å². The molecular weight excluding hydrogens is 348 g/mol. The van der Waals surface area contributed by atoms with Crippen LogP contribution in [0.2, 0.25) is 5.02 Å². The fourth-order valence-electron chi connectivity index (χ4n) is 2.09. The monoisotopic (exact) mass is 360 g/mol.